The van der Waals surface area contributed by atoms with E-state index in [1.807, 2.05) is 18.2 Å². The molecule has 2 fully saturated rings. The van der Waals surface area contributed by atoms with E-state index >= 15 is 0 Å². The van der Waals surface area contributed by atoms with Gasteiger partial charge < -0.3 is 9.64 Å². The fraction of sp³-hybridized carbons (Fsp3) is 0.500. The van der Waals surface area contributed by atoms with E-state index in [2.05, 4.69) is 39.0 Å². The lowest BCUT2D eigenvalue weighted by Gasteiger charge is -2.38. The van der Waals surface area contributed by atoms with Gasteiger partial charge in [-0.1, -0.05) is 41.4 Å². The third kappa shape index (κ3) is 5.05. The molecule has 1 atom stereocenters. The van der Waals surface area contributed by atoms with E-state index in [-0.39, 0.29) is 0 Å². The average Bonchev–Trinajstić information content (AvgIpc) is 3.31. The van der Waals surface area contributed by atoms with Crippen molar-refractivity contribution in [1.82, 2.24) is 9.80 Å². The molecule has 1 unspecified atom stereocenters. The summed E-state index contributed by atoms with van der Waals surface area (Å²) in [6.45, 7) is 7.65. The van der Waals surface area contributed by atoms with E-state index in [4.69, 9.17) is 27.9 Å². The van der Waals surface area contributed by atoms with Crippen molar-refractivity contribution < 1.29 is 4.74 Å². The Bertz CT molecular complexity index is 833. The SMILES string of the molecule is COc1ccccc1N1CCN(CCC(c2ccc(Cl)c(Cl)c2)N2CCCC2)CC1. The van der Waals surface area contributed by atoms with Crippen LogP contribution in [0.25, 0.3) is 0 Å². The Morgan fingerprint density at radius 3 is 2.33 bits per heavy atom. The number of piperazine rings is 1. The van der Waals surface area contributed by atoms with Crippen LogP contribution in [-0.2, 0) is 0 Å². The molecule has 0 spiro atoms. The van der Waals surface area contributed by atoms with Crippen molar-refractivity contribution >= 4 is 28.9 Å². The van der Waals surface area contributed by atoms with Crippen molar-refractivity contribution in [2.75, 3.05) is 57.8 Å². The van der Waals surface area contributed by atoms with Crippen LogP contribution < -0.4 is 9.64 Å². The predicted molar refractivity (Wildman–Crippen MR) is 126 cm³/mol. The molecule has 0 bridgehead atoms. The Balaban J connectivity index is 1.37. The van der Waals surface area contributed by atoms with Gasteiger partial charge >= 0.3 is 0 Å². The highest BCUT2D eigenvalue weighted by Gasteiger charge is 2.26. The first-order chi connectivity index (χ1) is 14.7. The van der Waals surface area contributed by atoms with Crippen molar-refractivity contribution in [3.63, 3.8) is 0 Å². The second kappa shape index (κ2) is 10.2. The van der Waals surface area contributed by atoms with E-state index in [1.54, 1.807) is 7.11 Å². The van der Waals surface area contributed by atoms with Gasteiger partial charge in [-0.25, -0.2) is 0 Å². The Labute approximate surface area is 190 Å². The molecule has 2 saturated heterocycles. The summed E-state index contributed by atoms with van der Waals surface area (Å²) in [5, 5.41) is 1.29. The molecule has 2 aromatic rings. The number of nitrogens with zero attached hydrogens (tertiary/aromatic N) is 3. The van der Waals surface area contributed by atoms with Crippen LogP contribution in [0.1, 0.15) is 30.9 Å². The lowest BCUT2D eigenvalue weighted by molar-refractivity contribution is 0.187. The second-order valence-electron chi connectivity index (χ2n) is 8.22. The van der Waals surface area contributed by atoms with Gasteiger partial charge in [-0.3, -0.25) is 9.80 Å². The predicted octanol–water partition coefficient (Wildman–Crippen LogP) is 5.35. The first-order valence-corrected chi connectivity index (χ1v) is 11.7. The van der Waals surface area contributed by atoms with Crippen LogP contribution in [0.3, 0.4) is 0 Å². The van der Waals surface area contributed by atoms with Crippen molar-refractivity contribution in [2.45, 2.75) is 25.3 Å². The highest BCUT2D eigenvalue weighted by molar-refractivity contribution is 6.42. The number of benzene rings is 2. The number of hydrogen-bond acceptors (Lipinski definition) is 4. The van der Waals surface area contributed by atoms with Crippen molar-refractivity contribution in [3.8, 4) is 5.75 Å². The highest BCUT2D eigenvalue weighted by Crippen LogP contribution is 2.33. The molecule has 2 aliphatic heterocycles. The second-order valence-corrected chi connectivity index (χ2v) is 9.04. The number of hydrogen-bond donors (Lipinski definition) is 0. The minimum absolute atomic E-state index is 0.412. The minimum Gasteiger partial charge on any atom is -0.495 e. The summed E-state index contributed by atoms with van der Waals surface area (Å²) in [4.78, 5) is 7.64. The van der Waals surface area contributed by atoms with E-state index < -0.39 is 0 Å². The fourth-order valence-corrected chi connectivity index (χ4v) is 5.05. The Morgan fingerprint density at radius 2 is 1.63 bits per heavy atom. The number of likely N-dealkylation sites (tertiary alicyclic amines) is 1. The molecule has 2 heterocycles. The molecular formula is C24H31Cl2N3O. The summed E-state index contributed by atoms with van der Waals surface area (Å²) in [7, 11) is 1.75. The summed E-state index contributed by atoms with van der Waals surface area (Å²) in [5.41, 5.74) is 2.49. The summed E-state index contributed by atoms with van der Waals surface area (Å²) in [6, 6.07) is 14.9. The zero-order valence-corrected chi connectivity index (χ0v) is 19.2. The lowest BCUT2D eigenvalue weighted by Crippen LogP contribution is -2.47. The lowest BCUT2D eigenvalue weighted by atomic mass is 10.0. The molecule has 0 amide bonds. The quantitative estimate of drug-likeness (QED) is 0.568. The van der Waals surface area contributed by atoms with Gasteiger partial charge in [0.2, 0.25) is 0 Å². The summed E-state index contributed by atoms with van der Waals surface area (Å²) >= 11 is 12.5. The van der Waals surface area contributed by atoms with E-state index in [0.717, 1.165) is 44.9 Å². The normalized spacial score (nSPS) is 19.2. The molecule has 4 rings (SSSR count). The number of halogens is 2. The minimum atomic E-state index is 0.412. The molecule has 0 aromatic heterocycles. The van der Waals surface area contributed by atoms with E-state index in [1.165, 1.54) is 37.2 Å². The van der Waals surface area contributed by atoms with E-state index in [0.29, 0.717) is 16.1 Å². The Morgan fingerprint density at radius 1 is 0.900 bits per heavy atom. The molecule has 4 nitrogen and oxygen atoms in total. The smallest absolute Gasteiger partial charge is 0.142 e. The number of ether oxygens (including phenoxy) is 1. The maximum atomic E-state index is 6.34. The molecular weight excluding hydrogens is 417 g/mol. The molecule has 2 aliphatic rings. The van der Waals surface area contributed by atoms with Gasteiger partial charge in [-0.2, -0.15) is 0 Å². The highest BCUT2D eigenvalue weighted by atomic mass is 35.5. The van der Waals surface area contributed by atoms with E-state index in [9.17, 15) is 0 Å². The maximum absolute atomic E-state index is 6.34. The third-order valence-electron chi connectivity index (χ3n) is 6.43. The molecule has 30 heavy (non-hydrogen) atoms. The van der Waals surface area contributed by atoms with Crippen LogP contribution in [0, 0.1) is 0 Å². The van der Waals surface area contributed by atoms with Crippen molar-refractivity contribution in [1.29, 1.82) is 0 Å². The van der Waals surface area contributed by atoms with Gasteiger partial charge in [-0.05, 0) is 62.2 Å². The summed E-state index contributed by atoms with van der Waals surface area (Å²) in [5.74, 6) is 0.958. The van der Waals surface area contributed by atoms with Gasteiger partial charge in [0.05, 0.1) is 22.8 Å². The van der Waals surface area contributed by atoms with Crippen LogP contribution in [0.2, 0.25) is 10.0 Å². The Hall–Kier alpha value is -1.46. The molecule has 6 heteroatoms. The molecule has 162 valence electrons. The number of methoxy groups -OCH3 is 1. The summed E-state index contributed by atoms with van der Waals surface area (Å²) < 4.78 is 5.55. The maximum Gasteiger partial charge on any atom is 0.142 e. The van der Waals surface area contributed by atoms with Gasteiger partial charge in [0.1, 0.15) is 5.75 Å². The number of anilines is 1. The van der Waals surface area contributed by atoms with Crippen LogP contribution in [0.5, 0.6) is 5.75 Å². The van der Waals surface area contributed by atoms with Gasteiger partial charge in [0, 0.05) is 38.8 Å². The van der Waals surface area contributed by atoms with Crippen molar-refractivity contribution in [3.05, 3.63) is 58.1 Å². The van der Waals surface area contributed by atoms with Gasteiger partial charge in [0.25, 0.3) is 0 Å². The van der Waals surface area contributed by atoms with Crippen LogP contribution >= 0.6 is 23.2 Å². The standard InChI is InChI=1S/C24H31Cl2N3O/c1-30-24-7-3-2-6-23(24)29-16-14-27(15-17-29)13-10-22(28-11-4-5-12-28)19-8-9-20(25)21(26)18-19/h2-3,6-9,18,22H,4-5,10-17H2,1H3. The zero-order chi connectivity index (χ0) is 20.9. The average molecular weight is 448 g/mol. The number of para-hydroxylation sites is 2. The molecule has 0 aliphatic carbocycles. The topological polar surface area (TPSA) is 19.0 Å². The van der Waals surface area contributed by atoms with Crippen LogP contribution in [-0.4, -0.2) is 62.7 Å². The molecule has 0 saturated carbocycles. The van der Waals surface area contributed by atoms with Crippen molar-refractivity contribution in [2.24, 2.45) is 0 Å². The third-order valence-corrected chi connectivity index (χ3v) is 7.17. The van der Waals surface area contributed by atoms with Gasteiger partial charge in [-0.15, -0.1) is 0 Å². The Kier molecular flexibility index (Phi) is 7.42. The van der Waals surface area contributed by atoms with Crippen LogP contribution in [0.15, 0.2) is 42.5 Å². The van der Waals surface area contributed by atoms with Crippen LogP contribution in [0.4, 0.5) is 5.69 Å². The molecule has 0 N–H and O–H groups in total. The summed E-state index contributed by atoms with van der Waals surface area (Å²) in [6.07, 6.45) is 3.69. The first-order valence-electron chi connectivity index (χ1n) is 10.9. The monoisotopic (exact) mass is 447 g/mol. The first kappa shape index (κ1) is 21.8. The number of rotatable bonds is 7. The van der Waals surface area contributed by atoms with Gasteiger partial charge in [0.15, 0.2) is 0 Å². The fourth-order valence-electron chi connectivity index (χ4n) is 4.74. The largest absolute Gasteiger partial charge is 0.495 e. The molecule has 0 radical (unpaired) electrons. The molecule has 2 aromatic carbocycles. The zero-order valence-electron chi connectivity index (χ0n) is 17.7.